The molecule has 18 heavy (non-hydrogen) atoms. The summed E-state index contributed by atoms with van der Waals surface area (Å²) in [6.45, 7) is 3.79. The Balaban J connectivity index is 2.15. The van der Waals surface area contributed by atoms with Crippen LogP contribution >= 0.6 is 0 Å². The average Bonchev–Trinajstić information content (AvgIpc) is 2.31. The molecular formula is C14H18FNO2. The number of halogens is 1. The minimum atomic E-state index is -1.08. The first-order valence-corrected chi connectivity index (χ1v) is 6.33. The molecule has 1 aromatic rings. The molecule has 1 unspecified atom stereocenters. The maximum atomic E-state index is 13.4. The molecule has 1 aliphatic heterocycles. The summed E-state index contributed by atoms with van der Waals surface area (Å²) in [6, 6.07) is 4.53. The van der Waals surface area contributed by atoms with Crippen LogP contribution in [0.4, 0.5) is 4.39 Å². The van der Waals surface area contributed by atoms with Crippen molar-refractivity contribution in [2.24, 2.45) is 0 Å². The molecule has 1 saturated heterocycles. The van der Waals surface area contributed by atoms with Crippen molar-refractivity contribution < 1.29 is 14.3 Å². The first kappa shape index (κ1) is 13.0. The summed E-state index contributed by atoms with van der Waals surface area (Å²) >= 11 is 0. The predicted molar refractivity (Wildman–Crippen MR) is 67.1 cm³/mol. The highest BCUT2D eigenvalue weighted by atomic mass is 19.1. The number of aromatic carboxylic acids is 1. The quantitative estimate of drug-likeness (QED) is 0.898. The van der Waals surface area contributed by atoms with Crippen LogP contribution in [0.5, 0.6) is 0 Å². The minimum Gasteiger partial charge on any atom is -0.478 e. The van der Waals surface area contributed by atoms with Crippen molar-refractivity contribution in [1.82, 2.24) is 4.90 Å². The van der Waals surface area contributed by atoms with Gasteiger partial charge in [0.25, 0.3) is 0 Å². The van der Waals surface area contributed by atoms with E-state index in [0.717, 1.165) is 31.0 Å². The third-order valence-electron chi connectivity index (χ3n) is 3.53. The van der Waals surface area contributed by atoms with Crippen LogP contribution in [0.3, 0.4) is 0 Å². The molecule has 98 valence electrons. The molecule has 0 aliphatic carbocycles. The van der Waals surface area contributed by atoms with Crippen LogP contribution in [0.1, 0.15) is 42.1 Å². The Kier molecular flexibility index (Phi) is 3.97. The number of carboxylic acid groups (broad SMARTS) is 1. The van der Waals surface area contributed by atoms with E-state index in [2.05, 4.69) is 11.8 Å². The second-order valence-electron chi connectivity index (χ2n) is 4.97. The van der Waals surface area contributed by atoms with Crippen molar-refractivity contribution in [1.29, 1.82) is 0 Å². The first-order valence-electron chi connectivity index (χ1n) is 6.33. The number of carbonyl (C=O) groups is 1. The van der Waals surface area contributed by atoms with E-state index in [1.165, 1.54) is 12.5 Å². The zero-order valence-corrected chi connectivity index (χ0v) is 10.5. The second kappa shape index (κ2) is 5.48. The van der Waals surface area contributed by atoms with Gasteiger partial charge < -0.3 is 5.11 Å². The fourth-order valence-electron chi connectivity index (χ4n) is 2.49. The second-order valence-corrected chi connectivity index (χ2v) is 4.97. The molecule has 1 N–H and O–H groups in total. The smallest absolute Gasteiger partial charge is 0.335 e. The molecule has 1 heterocycles. The number of piperidine rings is 1. The Morgan fingerprint density at radius 2 is 2.22 bits per heavy atom. The lowest BCUT2D eigenvalue weighted by Crippen LogP contribution is -2.36. The van der Waals surface area contributed by atoms with Gasteiger partial charge in [0.2, 0.25) is 0 Å². The van der Waals surface area contributed by atoms with Gasteiger partial charge >= 0.3 is 5.97 Å². The number of likely N-dealkylation sites (tertiary alicyclic amines) is 1. The third-order valence-corrected chi connectivity index (χ3v) is 3.53. The molecule has 1 atom stereocenters. The van der Waals surface area contributed by atoms with Gasteiger partial charge in [0.1, 0.15) is 5.82 Å². The summed E-state index contributed by atoms with van der Waals surface area (Å²) in [4.78, 5) is 13.2. The summed E-state index contributed by atoms with van der Waals surface area (Å²) in [5.74, 6) is -1.56. The van der Waals surface area contributed by atoms with Gasteiger partial charge in [0.15, 0.2) is 0 Å². The van der Waals surface area contributed by atoms with Crippen LogP contribution in [0, 0.1) is 5.82 Å². The molecule has 0 aromatic heterocycles. The van der Waals surface area contributed by atoms with Crippen molar-refractivity contribution in [2.75, 3.05) is 6.54 Å². The molecule has 4 heteroatoms. The maximum Gasteiger partial charge on any atom is 0.335 e. The van der Waals surface area contributed by atoms with Crippen LogP contribution in [-0.4, -0.2) is 28.6 Å². The highest BCUT2D eigenvalue weighted by Crippen LogP contribution is 2.20. The van der Waals surface area contributed by atoms with Crippen molar-refractivity contribution in [2.45, 2.75) is 38.8 Å². The van der Waals surface area contributed by atoms with Gasteiger partial charge in [-0.1, -0.05) is 6.42 Å². The van der Waals surface area contributed by atoms with Gasteiger partial charge in [-0.3, -0.25) is 4.90 Å². The molecule has 0 saturated carbocycles. The van der Waals surface area contributed by atoms with Gasteiger partial charge in [-0.2, -0.15) is 0 Å². The number of hydrogen-bond donors (Lipinski definition) is 1. The highest BCUT2D eigenvalue weighted by Gasteiger charge is 2.19. The van der Waals surface area contributed by atoms with Crippen molar-refractivity contribution in [3.05, 3.63) is 35.1 Å². The number of rotatable bonds is 3. The van der Waals surface area contributed by atoms with Gasteiger partial charge in [0.05, 0.1) is 5.56 Å². The zero-order valence-electron chi connectivity index (χ0n) is 10.5. The lowest BCUT2D eigenvalue weighted by atomic mass is 10.0. The van der Waals surface area contributed by atoms with Gasteiger partial charge in [-0.15, -0.1) is 0 Å². The van der Waals surface area contributed by atoms with Crippen LogP contribution in [-0.2, 0) is 6.54 Å². The largest absolute Gasteiger partial charge is 0.478 e. The number of nitrogens with zero attached hydrogens (tertiary/aromatic N) is 1. The lowest BCUT2D eigenvalue weighted by molar-refractivity contribution is 0.0696. The topological polar surface area (TPSA) is 40.5 Å². The number of carboxylic acids is 1. The molecule has 0 bridgehead atoms. The van der Waals surface area contributed by atoms with Crippen molar-refractivity contribution in [3.63, 3.8) is 0 Å². The fourth-order valence-corrected chi connectivity index (χ4v) is 2.49. The maximum absolute atomic E-state index is 13.4. The number of hydrogen-bond acceptors (Lipinski definition) is 2. The zero-order chi connectivity index (χ0) is 13.1. The van der Waals surface area contributed by atoms with Gasteiger partial charge in [-0.25, -0.2) is 9.18 Å². The Hall–Kier alpha value is -1.42. The monoisotopic (exact) mass is 251 g/mol. The molecule has 0 amide bonds. The Morgan fingerprint density at radius 3 is 2.89 bits per heavy atom. The SMILES string of the molecule is CC1CCCCN1Cc1cc(F)cc(C(=O)O)c1. The van der Waals surface area contributed by atoms with E-state index >= 15 is 0 Å². The number of benzene rings is 1. The molecule has 1 fully saturated rings. The summed E-state index contributed by atoms with van der Waals surface area (Å²) in [5, 5.41) is 8.91. The van der Waals surface area contributed by atoms with E-state index in [9.17, 15) is 9.18 Å². The normalized spacial score (nSPS) is 20.9. The van der Waals surface area contributed by atoms with E-state index in [1.807, 2.05) is 0 Å². The molecular weight excluding hydrogens is 233 g/mol. The Morgan fingerprint density at radius 1 is 1.44 bits per heavy atom. The van der Waals surface area contributed by atoms with E-state index in [-0.39, 0.29) is 5.56 Å². The Bertz CT molecular complexity index is 447. The molecule has 0 spiro atoms. The van der Waals surface area contributed by atoms with Crippen LogP contribution in [0.2, 0.25) is 0 Å². The van der Waals surface area contributed by atoms with Gasteiger partial charge in [0, 0.05) is 12.6 Å². The van der Waals surface area contributed by atoms with E-state index in [4.69, 9.17) is 5.11 Å². The third kappa shape index (κ3) is 3.07. The van der Waals surface area contributed by atoms with E-state index < -0.39 is 11.8 Å². The summed E-state index contributed by atoms with van der Waals surface area (Å²) in [6.07, 6.45) is 3.55. The highest BCUT2D eigenvalue weighted by molar-refractivity contribution is 5.87. The molecule has 2 rings (SSSR count). The minimum absolute atomic E-state index is 0.0228. The standard InChI is InChI=1S/C14H18FNO2/c1-10-4-2-3-5-16(10)9-11-6-12(14(17)18)8-13(15)7-11/h6-8,10H,2-5,9H2,1H3,(H,17,18). The van der Waals surface area contributed by atoms with Gasteiger partial charge in [-0.05, 0) is 50.1 Å². The Labute approximate surface area is 106 Å². The van der Waals surface area contributed by atoms with E-state index in [1.54, 1.807) is 6.07 Å². The fraction of sp³-hybridized carbons (Fsp3) is 0.500. The molecule has 3 nitrogen and oxygen atoms in total. The first-order chi connectivity index (χ1) is 8.56. The van der Waals surface area contributed by atoms with Crippen molar-refractivity contribution in [3.8, 4) is 0 Å². The molecule has 1 aromatic carbocycles. The van der Waals surface area contributed by atoms with Crippen LogP contribution in [0.25, 0.3) is 0 Å². The summed E-state index contributed by atoms with van der Waals surface area (Å²) in [7, 11) is 0. The molecule has 1 aliphatic rings. The average molecular weight is 251 g/mol. The van der Waals surface area contributed by atoms with Crippen molar-refractivity contribution >= 4 is 5.97 Å². The van der Waals surface area contributed by atoms with E-state index in [0.29, 0.717) is 12.6 Å². The predicted octanol–water partition coefficient (Wildman–Crippen LogP) is 2.90. The molecule has 0 radical (unpaired) electrons. The van der Waals surface area contributed by atoms with Crippen LogP contribution in [0.15, 0.2) is 18.2 Å². The lowest BCUT2D eigenvalue weighted by Gasteiger charge is -2.33. The summed E-state index contributed by atoms with van der Waals surface area (Å²) in [5.41, 5.74) is 0.760. The summed E-state index contributed by atoms with van der Waals surface area (Å²) < 4.78 is 13.4. The van der Waals surface area contributed by atoms with Crippen LogP contribution < -0.4 is 0 Å².